The Morgan fingerprint density at radius 2 is 1.90 bits per heavy atom. The Labute approximate surface area is 136 Å². The molecule has 0 fully saturated rings. The van der Waals surface area contributed by atoms with Crippen LogP contribution in [0.5, 0.6) is 0 Å². The molecule has 0 aromatic heterocycles. The Kier molecular flexibility index (Phi) is 5.44. The zero-order valence-corrected chi connectivity index (χ0v) is 13.9. The van der Waals surface area contributed by atoms with Gasteiger partial charge in [-0.3, -0.25) is 0 Å². The molecule has 1 atom stereocenters. The van der Waals surface area contributed by atoms with Crippen molar-refractivity contribution in [1.82, 2.24) is 5.32 Å². The number of halogens is 4. The van der Waals surface area contributed by atoms with Gasteiger partial charge in [-0.05, 0) is 52.7 Å². The molecule has 0 saturated carbocycles. The maximum Gasteiger partial charge on any atom is 0.137 e. The topological polar surface area (TPSA) is 12.0 Å². The normalized spacial score (nSPS) is 12.4. The van der Waals surface area contributed by atoms with Gasteiger partial charge in [-0.1, -0.05) is 47.5 Å². The molecule has 0 amide bonds. The third-order valence-corrected chi connectivity index (χ3v) is 4.88. The molecule has 1 unspecified atom stereocenters. The van der Waals surface area contributed by atoms with Gasteiger partial charge in [-0.15, -0.1) is 0 Å². The van der Waals surface area contributed by atoms with Crippen molar-refractivity contribution < 1.29 is 4.39 Å². The molecule has 2 rings (SSSR count). The van der Waals surface area contributed by atoms with Crippen LogP contribution in [0.1, 0.15) is 17.2 Å². The van der Waals surface area contributed by atoms with Crippen molar-refractivity contribution in [2.45, 2.75) is 12.5 Å². The molecule has 20 heavy (non-hydrogen) atoms. The fourth-order valence-electron chi connectivity index (χ4n) is 2.08. The van der Waals surface area contributed by atoms with Gasteiger partial charge >= 0.3 is 0 Å². The van der Waals surface area contributed by atoms with Crippen molar-refractivity contribution in [2.75, 3.05) is 7.05 Å². The first-order valence-corrected chi connectivity index (χ1v) is 7.63. The van der Waals surface area contributed by atoms with Gasteiger partial charge in [-0.2, -0.15) is 0 Å². The van der Waals surface area contributed by atoms with Crippen molar-refractivity contribution in [3.05, 3.63) is 67.9 Å². The number of hydrogen-bond donors (Lipinski definition) is 1. The van der Waals surface area contributed by atoms with Crippen molar-refractivity contribution in [1.29, 1.82) is 0 Å². The van der Waals surface area contributed by atoms with Crippen LogP contribution in [0.2, 0.25) is 10.0 Å². The quantitative estimate of drug-likeness (QED) is 0.753. The summed E-state index contributed by atoms with van der Waals surface area (Å²) in [7, 11) is 1.84. The van der Waals surface area contributed by atoms with Crippen LogP contribution in [0.15, 0.2) is 40.9 Å². The minimum Gasteiger partial charge on any atom is -0.313 e. The van der Waals surface area contributed by atoms with Crippen LogP contribution >= 0.6 is 39.1 Å². The summed E-state index contributed by atoms with van der Waals surface area (Å²) in [6.07, 6.45) is 0.606. The van der Waals surface area contributed by atoms with Gasteiger partial charge in [0, 0.05) is 6.04 Å². The lowest BCUT2D eigenvalue weighted by Crippen LogP contribution is -2.19. The summed E-state index contributed by atoms with van der Waals surface area (Å²) in [5, 5.41) is 4.24. The van der Waals surface area contributed by atoms with Crippen molar-refractivity contribution in [2.24, 2.45) is 0 Å². The molecule has 2 aromatic rings. The van der Waals surface area contributed by atoms with Crippen LogP contribution < -0.4 is 5.32 Å². The number of hydrogen-bond acceptors (Lipinski definition) is 1. The molecule has 2 aromatic carbocycles. The SMILES string of the molecule is CNC(Cc1cccc(F)c1Br)c1cccc(Cl)c1Cl. The van der Waals surface area contributed by atoms with Crippen LogP contribution in [-0.2, 0) is 6.42 Å². The molecule has 0 aliphatic heterocycles. The molecule has 0 bridgehead atoms. The van der Waals surface area contributed by atoms with Gasteiger partial charge in [0.05, 0.1) is 14.5 Å². The molecule has 1 nitrogen and oxygen atoms in total. The highest BCUT2D eigenvalue weighted by molar-refractivity contribution is 9.10. The van der Waals surface area contributed by atoms with E-state index in [4.69, 9.17) is 23.2 Å². The van der Waals surface area contributed by atoms with E-state index in [0.717, 1.165) is 11.1 Å². The standard InChI is InChI=1S/C15H13BrCl2FN/c1-20-13(10-5-3-6-11(17)15(10)18)8-9-4-2-7-12(19)14(9)16/h2-7,13,20H,8H2,1H3. The van der Waals surface area contributed by atoms with E-state index >= 15 is 0 Å². The van der Waals surface area contributed by atoms with E-state index in [0.29, 0.717) is 20.9 Å². The second-order valence-electron chi connectivity index (χ2n) is 4.40. The predicted molar refractivity (Wildman–Crippen MR) is 86.1 cm³/mol. The lowest BCUT2D eigenvalue weighted by Gasteiger charge is -2.19. The van der Waals surface area contributed by atoms with Crippen LogP contribution in [0.4, 0.5) is 4.39 Å². The second kappa shape index (κ2) is 6.90. The molecular weight excluding hydrogens is 364 g/mol. The predicted octanol–water partition coefficient (Wildman–Crippen LogP) is 5.40. The Balaban J connectivity index is 2.34. The van der Waals surface area contributed by atoms with Gasteiger partial charge in [0.1, 0.15) is 5.82 Å². The van der Waals surface area contributed by atoms with E-state index in [1.807, 2.05) is 25.2 Å². The van der Waals surface area contributed by atoms with E-state index in [1.54, 1.807) is 12.1 Å². The van der Waals surface area contributed by atoms with Gasteiger partial charge in [0.25, 0.3) is 0 Å². The molecule has 5 heteroatoms. The molecule has 0 aliphatic carbocycles. The van der Waals surface area contributed by atoms with E-state index in [1.165, 1.54) is 6.07 Å². The summed E-state index contributed by atoms with van der Waals surface area (Å²) >= 11 is 15.6. The fourth-order valence-corrected chi connectivity index (χ4v) is 2.95. The molecule has 1 N–H and O–H groups in total. The van der Waals surface area contributed by atoms with E-state index in [-0.39, 0.29) is 11.9 Å². The van der Waals surface area contributed by atoms with Gasteiger partial charge in [0.2, 0.25) is 0 Å². The summed E-state index contributed by atoms with van der Waals surface area (Å²) in [5.41, 5.74) is 1.78. The zero-order valence-electron chi connectivity index (χ0n) is 10.8. The Morgan fingerprint density at radius 3 is 2.60 bits per heavy atom. The van der Waals surface area contributed by atoms with Crippen LogP contribution in [0.3, 0.4) is 0 Å². The Bertz CT molecular complexity index is 619. The van der Waals surface area contributed by atoms with Crippen molar-refractivity contribution in [3.8, 4) is 0 Å². The van der Waals surface area contributed by atoms with Crippen molar-refractivity contribution in [3.63, 3.8) is 0 Å². The number of rotatable bonds is 4. The monoisotopic (exact) mass is 375 g/mol. The minimum atomic E-state index is -0.269. The van der Waals surface area contributed by atoms with Crippen LogP contribution in [-0.4, -0.2) is 7.05 Å². The summed E-state index contributed by atoms with van der Waals surface area (Å²) < 4.78 is 14.0. The summed E-state index contributed by atoms with van der Waals surface area (Å²) in [4.78, 5) is 0. The molecular formula is C15H13BrCl2FN. The van der Waals surface area contributed by atoms with Crippen LogP contribution in [0, 0.1) is 5.82 Å². The lowest BCUT2D eigenvalue weighted by molar-refractivity contribution is 0.580. The number of likely N-dealkylation sites (N-methyl/N-ethyl adjacent to an activating group) is 1. The third kappa shape index (κ3) is 3.34. The maximum atomic E-state index is 13.6. The van der Waals surface area contributed by atoms with Crippen LogP contribution in [0.25, 0.3) is 0 Å². The third-order valence-electron chi connectivity index (χ3n) is 3.16. The minimum absolute atomic E-state index is 0.0423. The Hall–Kier alpha value is -0.610. The Morgan fingerprint density at radius 1 is 1.20 bits per heavy atom. The first kappa shape index (κ1) is 15.8. The molecule has 106 valence electrons. The summed E-state index contributed by atoms with van der Waals surface area (Å²) in [6.45, 7) is 0. The molecule has 0 heterocycles. The molecule has 0 aliphatic rings. The number of benzene rings is 2. The van der Waals surface area contributed by atoms with E-state index < -0.39 is 0 Å². The second-order valence-corrected chi connectivity index (χ2v) is 5.98. The highest BCUT2D eigenvalue weighted by Crippen LogP contribution is 2.33. The smallest absolute Gasteiger partial charge is 0.137 e. The summed E-state index contributed by atoms with van der Waals surface area (Å²) in [6, 6.07) is 10.5. The number of nitrogens with one attached hydrogen (secondary N) is 1. The summed E-state index contributed by atoms with van der Waals surface area (Å²) in [5.74, 6) is -0.269. The van der Waals surface area contributed by atoms with Gasteiger partial charge in [-0.25, -0.2) is 4.39 Å². The fraction of sp³-hybridized carbons (Fsp3) is 0.200. The van der Waals surface area contributed by atoms with Gasteiger partial charge < -0.3 is 5.32 Å². The highest BCUT2D eigenvalue weighted by atomic mass is 79.9. The van der Waals surface area contributed by atoms with Gasteiger partial charge in [0.15, 0.2) is 0 Å². The molecule has 0 radical (unpaired) electrons. The van der Waals surface area contributed by atoms with E-state index in [9.17, 15) is 4.39 Å². The molecule has 0 spiro atoms. The molecule has 0 saturated heterocycles. The highest BCUT2D eigenvalue weighted by Gasteiger charge is 2.17. The maximum absolute atomic E-state index is 13.6. The van der Waals surface area contributed by atoms with E-state index in [2.05, 4.69) is 21.2 Å². The first-order chi connectivity index (χ1) is 9.54. The first-order valence-electron chi connectivity index (χ1n) is 6.08. The zero-order chi connectivity index (χ0) is 14.7. The average molecular weight is 377 g/mol. The largest absolute Gasteiger partial charge is 0.313 e. The van der Waals surface area contributed by atoms with Crippen molar-refractivity contribution >= 4 is 39.1 Å². The lowest BCUT2D eigenvalue weighted by atomic mass is 9.99. The average Bonchev–Trinajstić information content (AvgIpc) is 2.44.